The van der Waals surface area contributed by atoms with E-state index in [1.807, 2.05) is 0 Å². The highest BCUT2D eigenvalue weighted by Gasteiger charge is 2.09. The predicted molar refractivity (Wildman–Crippen MR) is 53.7 cm³/mol. The first-order chi connectivity index (χ1) is 6.02. The topological polar surface area (TPSA) is 17.1 Å². The minimum Gasteiger partial charge on any atom is -0.295 e. The predicted octanol–water partition coefficient (Wildman–Crippen LogP) is 3.68. The molecule has 0 fully saturated rings. The van der Waals surface area contributed by atoms with Crippen molar-refractivity contribution >= 4 is 21.7 Å². The lowest BCUT2D eigenvalue weighted by Crippen LogP contribution is -1.94. The largest absolute Gasteiger partial charge is 0.295 e. The third-order valence-electron chi connectivity index (χ3n) is 1.84. The summed E-state index contributed by atoms with van der Waals surface area (Å²) in [6, 6.07) is 4.91. The van der Waals surface area contributed by atoms with Gasteiger partial charge in [-0.2, -0.15) is 0 Å². The summed E-state index contributed by atoms with van der Waals surface area (Å²) in [5.41, 5.74) is 1.17. The third-order valence-corrected chi connectivity index (χ3v) is 2.52. The van der Waals surface area contributed by atoms with E-state index in [0.717, 1.165) is 0 Å². The maximum atomic E-state index is 12.9. The van der Waals surface area contributed by atoms with Crippen LogP contribution in [-0.4, -0.2) is 5.78 Å². The number of ketones is 1. The number of hydrogen-bond donors (Lipinski definition) is 0. The van der Waals surface area contributed by atoms with E-state index in [2.05, 4.69) is 15.9 Å². The standard InChI is InChI=1S/C10H10BrFO/c1-6(12)9-4-3-8(7(2)13)5-10(9)11/h3-6H,1-2H3. The van der Waals surface area contributed by atoms with Gasteiger partial charge in [0.15, 0.2) is 5.78 Å². The summed E-state index contributed by atoms with van der Waals surface area (Å²) in [5, 5.41) is 0. The highest BCUT2D eigenvalue weighted by Crippen LogP contribution is 2.26. The van der Waals surface area contributed by atoms with Crippen LogP contribution in [0.3, 0.4) is 0 Å². The zero-order chi connectivity index (χ0) is 10.0. The summed E-state index contributed by atoms with van der Waals surface area (Å²) >= 11 is 3.22. The first kappa shape index (κ1) is 10.4. The number of alkyl halides is 1. The van der Waals surface area contributed by atoms with Crippen LogP contribution in [0.1, 0.15) is 35.9 Å². The Morgan fingerprint density at radius 1 is 1.54 bits per heavy atom. The third kappa shape index (κ3) is 2.37. The van der Waals surface area contributed by atoms with Gasteiger partial charge in [0.25, 0.3) is 0 Å². The Morgan fingerprint density at radius 3 is 2.54 bits per heavy atom. The zero-order valence-corrected chi connectivity index (χ0v) is 9.06. The molecule has 0 heterocycles. The second-order valence-corrected chi connectivity index (χ2v) is 3.76. The second kappa shape index (κ2) is 4.01. The van der Waals surface area contributed by atoms with Crippen LogP contribution < -0.4 is 0 Å². The van der Waals surface area contributed by atoms with Crippen molar-refractivity contribution in [3.63, 3.8) is 0 Å². The van der Waals surface area contributed by atoms with Crippen molar-refractivity contribution in [3.05, 3.63) is 33.8 Å². The molecule has 0 N–H and O–H groups in total. The van der Waals surface area contributed by atoms with E-state index < -0.39 is 6.17 Å². The van der Waals surface area contributed by atoms with Gasteiger partial charge in [-0.15, -0.1) is 0 Å². The molecule has 1 atom stereocenters. The molecule has 1 rings (SSSR count). The number of hydrogen-bond acceptors (Lipinski definition) is 1. The average Bonchev–Trinajstić information content (AvgIpc) is 2.03. The Morgan fingerprint density at radius 2 is 2.15 bits per heavy atom. The molecule has 0 aromatic heterocycles. The maximum Gasteiger partial charge on any atom is 0.159 e. The summed E-state index contributed by atoms with van der Waals surface area (Å²) in [7, 11) is 0. The molecule has 1 aromatic carbocycles. The first-order valence-corrected chi connectivity index (χ1v) is 4.76. The van der Waals surface area contributed by atoms with E-state index >= 15 is 0 Å². The molecule has 0 bridgehead atoms. The molecule has 3 heteroatoms. The molecule has 0 amide bonds. The highest BCUT2D eigenvalue weighted by atomic mass is 79.9. The van der Waals surface area contributed by atoms with Crippen LogP contribution in [0, 0.1) is 0 Å². The fourth-order valence-corrected chi connectivity index (χ4v) is 1.76. The molecule has 0 saturated heterocycles. The van der Waals surface area contributed by atoms with Crippen LogP contribution in [0.4, 0.5) is 4.39 Å². The average molecular weight is 245 g/mol. The Bertz CT molecular complexity index is 334. The van der Waals surface area contributed by atoms with Crippen molar-refractivity contribution in [2.75, 3.05) is 0 Å². The SMILES string of the molecule is CC(=O)c1ccc(C(C)F)c(Br)c1. The smallest absolute Gasteiger partial charge is 0.159 e. The van der Waals surface area contributed by atoms with Crippen molar-refractivity contribution in [3.8, 4) is 0 Å². The van der Waals surface area contributed by atoms with Gasteiger partial charge in [-0.25, -0.2) is 4.39 Å². The van der Waals surface area contributed by atoms with Crippen molar-refractivity contribution in [1.82, 2.24) is 0 Å². The monoisotopic (exact) mass is 244 g/mol. The Balaban J connectivity index is 3.13. The maximum absolute atomic E-state index is 12.9. The van der Waals surface area contributed by atoms with Gasteiger partial charge in [-0.1, -0.05) is 28.1 Å². The minimum absolute atomic E-state index is 0.0150. The Labute approximate surface area is 85.1 Å². The van der Waals surface area contributed by atoms with Gasteiger partial charge in [0.2, 0.25) is 0 Å². The van der Waals surface area contributed by atoms with Crippen molar-refractivity contribution in [2.45, 2.75) is 20.0 Å². The Kier molecular flexibility index (Phi) is 3.20. The highest BCUT2D eigenvalue weighted by molar-refractivity contribution is 9.10. The summed E-state index contributed by atoms with van der Waals surface area (Å²) < 4.78 is 13.6. The van der Waals surface area contributed by atoms with E-state index in [-0.39, 0.29) is 5.78 Å². The van der Waals surface area contributed by atoms with Crippen molar-refractivity contribution in [2.24, 2.45) is 0 Å². The van der Waals surface area contributed by atoms with Crippen LogP contribution in [0.15, 0.2) is 22.7 Å². The van der Waals surface area contributed by atoms with Crippen LogP contribution in [0.2, 0.25) is 0 Å². The zero-order valence-electron chi connectivity index (χ0n) is 7.47. The van der Waals surface area contributed by atoms with Crippen LogP contribution >= 0.6 is 15.9 Å². The number of rotatable bonds is 2. The van der Waals surface area contributed by atoms with Gasteiger partial charge in [0.1, 0.15) is 6.17 Å². The number of Topliss-reactive ketones (excluding diaryl/α,β-unsaturated/α-hetero) is 1. The fourth-order valence-electron chi connectivity index (χ4n) is 1.07. The van der Waals surface area contributed by atoms with Gasteiger partial charge in [0.05, 0.1) is 0 Å². The van der Waals surface area contributed by atoms with Crippen LogP contribution in [-0.2, 0) is 0 Å². The molecule has 0 spiro atoms. The summed E-state index contributed by atoms with van der Waals surface area (Å²) in [5.74, 6) is -0.0150. The molecule has 13 heavy (non-hydrogen) atoms. The van der Waals surface area contributed by atoms with Gasteiger partial charge in [0, 0.05) is 10.0 Å². The lowest BCUT2D eigenvalue weighted by molar-refractivity contribution is 0.101. The molecular weight excluding hydrogens is 235 g/mol. The fraction of sp³-hybridized carbons (Fsp3) is 0.300. The second-order valence-electron chi connectivity index (χ2n) is 2.91. The summed E-state index contributed by atoms with van der Waals surface area (Å²) in [4.78, 5) is 11.0. The minimum atomic E-state index is -1.02. The molecule has 0 aliphatic heterocycles. The van der Waals surface area contributed by atoms with E-state index in [4.69, 9.17) is 0 Å². The molecule has 0 aliphatic carbocycles. The Hall–Kier alpha value is -0.700. The molecule has 1 nitrogen and oxygen atoms in total. The lowest BCUT2D eigenvalue weighted by Gasteiger charge is -2.06. The molecule has 1 aromatic rings. The molecular formula is C10H10BrFO. The van der Waals surface area contributed by atoms with Gasteiger partial charge >= 0.3 is 0 Å². The molecule has 0 aliphatic rings. The normalized spacial score (nSPS) is 12.6. The molecule has 0 radical (unpaired) electrons. The first-order valence-electron chi connectivity index (χ1n) is 3.97. The number of carbonyl (C=O) groups excluding carboxylic acids is 1. The molecule has 1 unspecified atom stereocenters. The van der Waals surface area contributed by atoms with E-state index in [1.54, 1.807) is 18.2 Å². The van der Waals surface area contributed by atoms with Crippen molar-refractivity contribution < 1.29 is 9.18 Å². The number of benzene rings is 1. The number of carbonyl (C=O) groups is 1. The molecule has 0 saturated carbocycles. The number of halogens is 2. The van der Waals surface area contributed by atoms with E-state index in [9.17, 15) is 9.18 Å². The van der Waals surface area contributed by atoms with Crippen LogP contribution in [0.5, 0.6) is 0 Å². The van der Waals surface area contributed by atoms with Gasteiger partial charge < -0.3 is 0 Å². The molecule has 70 valence electrons. The van der Waals surface area contributed by atoms with E-state index in [1.165, 1.54) is 13.8 Å². The summed E-state index contributed by atoms with van der Waals surface area (Å²) in [6.07, 6.45) is -1.02. The summed E-state index contributed by atoms with van der Waals surface area (Å²) in [6.45, 7) is 2.95. The quantitative estimate of drug-likeness (QED) is 0.726. The van der Waals surface area contributed by atoms with Gasteiger partial charge in [-0.3, -0.25) is 4.79 Å². The lowest BCUT2D eigenvalue weighted by atomic mass is 10.1. The van der Waals surface area contributed by atoms with E-state index in [0.29, 0.717) is 15.6 Å². The van der Waals surface area contributed by atoms with Gasteiger partial charge in [-0.05, 0) is 25.5 Å². The van der Waals surface area contributed by atoms with Crippen molar-refractivity contribution in [1.29, 1.82) is 0 Å². The van der Waals surface area contributed by atoms with Crippen LogP contribution in [0.25, 0.3) is 0 Å².